The Kier molecular flexibility index (Phi) is 13.7. The highest BCUT2D eigenvalue weighted by Gasteiger charge is 2.65. The van der Waals surface area contributed by atoms with Crippen LogP contribution >= 0.6 is 0 Å². The molecule has 0 bridgehead atoms. The van der Waals surface area contributed by atoms with Gasteiger partial charge >= 0.3 is 0 Å². The quantitative estimate of drug-likeness (QED) is 0.0788. The fraction of sp³-hybridized carbons (Fsp3) is 0.489. The third-order valence-electron chi connectivity index (χ3n) is 11.5. The number of ether oxygens (including phenoxy) is 3. The number of likely N-dealkylation sites (N-methyl/N-ethyl adjacent to an activating group) is 1. The van der Waals surface area contributed by atoms with Crippen LogP contribution in [0.4, 0.5) is 0 Å². The minimum Gasteiger partial charge on any atom is -0.487 e. The van der Waals surface area contributed by atoms with E-state index in [4.69, 9.17) is 24.2 Å². The van der Waals surface area contributed by atoms with Gasteiger partial charge in [-0.2, -0.15) is 5.26 Å². The zero-order valence-electron chi connectivity index (χ0n) is 34.5. The Labute approximate surface area is 343 Å². The second kappa shape index (κ2) is 18.7. The van der Waals surface area contributed by atoms with Gasteiger partial charge in [-0.05, 0) is 125 Å². The van der Waals surface area contributed by atoms with E-state index < -0.39 is 23.3 Å². The number of rotatable bonds is 17. The molecule has 6 rings (SSSR count). The standard InChI is InChI=1S/C47H58N4O7/c1-7-25-56-47-42(51(6)45(54)33-19-17-32(29-48)18-20-33)28-40(50-58-46(3,4)5)38-26-34(14-8-10-23-52)37(16-9-11-24-53)43(44(38)47)39-27-36(21-22-41(39)57-47)55-30-35-15-12-13-31(2)49-35/h7,12-13,15,17-22,26-27,34,37,42-44,52-53H,1,8-11,14,16,23-25,28,30H2,2-6H3. The van der Waals surface area contributed by atoms with Crippen molar-refractivity contribution in [2.24, 2.45) is 22.9 Å². The Morgan fingerprint density at radius 1 is 1.09 bits per heavy atom. The minimum absolute atomic E-state index is 0.0742. The molecule has 1 aromatic heterocycles. The average Bonchev–Trinajstić information content (AvgIpc) is 3.21. The fourth-order valence-corrected chi connectivity index (χ4v) is 8.88. The molecule has 2 heterocycles. The molecule has 2 aliphatic carbocycles. The van der Waals surface area contributed by atoms with Gasteiger partial charge in [-0.1, -0.05) is 36.2 Å². The third kappa shape index (κ3) is 9.31. The molecule has 6 atom stereocenters. The van der Waals surface area contributed by atoms with Gasteiger partial charge < -0.3 is 34.2 Å². The molecule has 1 saturated carbocycles. The summed E-state index contributed by atoms with van der Waals surface area (Å²) in [6.07, 6.45) is 8.97. The number of fused-ring (bicyclic) bond motifs is 2. The highest BCUT2D eigenvalue weighted by molar-refractivity contribution is 6.03. The molecule has 1 aliphatic heterocycles. The summed E-state index contributed by atoms with van der Waals surface area (Å²) in [6, 6.07) is 19.9. The van der Waals surface area contributed by atoms with Crippen LogP contribution in [0.3, 0.4) is 0 Å². The molecule has 2 aromatic carbocycles. The van der Waals surface area contributed by atoms with Gasteiger partial charge in [-0.3, -0.25) is 9.78 Å². The average molecular weight is 791 g/mol. The predicted octanol–water partition coefficient (Wildman–Crippen LogP) is 8.05. The molecule has 1 amide bonds. The topological polar surface area (TPSA) is 147 Å². The molecule has 0 saturated heterocycles. The summed E-state index contributed by atoms with van der Waals surface area (Å²) >= 11 is 0. The Morgan fingerprint density at radius 2 is 1.83 bits per heavy atom. The van der Waals surface area contributed by atoms with Crippen molar-refractivity contribution in [3.63, 3.8) is 0 Å². The first-order valence-corrected chi connectivity index (χ1v) is 20.5. The van der Waals surface area contributed by atoms with Crippen LogP contribution in [0.15, 0.2) is 90.1 Å². The largest absolute Gasteiger partial charge is 0.487 e. The Bertz CT molecular complexity index is 2020. The number of aryl methyl sites for hydroxylation is 1. The summed E-state index contributed by atoms with van der Waals surface area (Å²) in [5.41, 5.74) is 4.70. The van der Waals surface area contributed by atoms with Crippen molar-refractivity contribution in [2.75, 3.05) is 26.9 Å². The maximum atomic E-state index is 14.5. The Morgan fingerprint density at radius 3 is 2.50 bits per heavy atom. The highest BCUT2D eigenvalue weighted by Crippen LogP contribution is 2.62. The first-order chi connectivity index (χ1) is 27.9. The van der Waals surface area contributed by atoms with Gasteiger partial charge in [0.2, 0.25) is 5.79 Å². The zero-order chi connectivity index (χ0) is 41.5. The van der Waals surface area contributed by atoms with E-state index in [1.165, 1.54) is 0 Å². The summed E-state index contributed by atoms with van der Waals surface area (Å²) in [4.78, 5) is 27.0. The molecule has 11 nitrogen and oxygen atoms in total. The number of oxime groups is 1. The van der Waals surface area contributed by atoms with Gasteiger partial charge in [0.15, 0.2) is 0 Å². The summed E-state index contributed by atoms with van der Waals surface area (Å²) in [5, 5.41) is 34.1. The molecule has 3 aliphatic rings. The SMILES string of the molecule is C=CCOC12Oc3ccc(OCc4cccc(C)n4)cc3C3C(CCCCO)C(CCCCO)C=C(C(=NOC(C)(C)C)CC1N(C)C(=O)c1ccc(C#N)cc1)C32. The lowest BCUT2D eigenvalue weighted by molar-refractivity contribution is -0.252. The number of unbranched alkanes of at least 4 members (excludes halogenated alkanes) is 2. The normalized spacial score (nSPS) is 24.1. The van der Waals surface area contributed by atoms with E-state index in [-0.39, 0.29) is 49.9 Å². The van der Waals surface area contributed by atoms with Crippen LogP contribution in [0.25, 0.3) is 0 Å². The van der Waals surface area contributed by atoms with Gasteiger partial charge in [0.1, 0.15) is 29.7 Å². The number of carbonyl (C=O) groups is 1. The van der Waals surface area contributed by atoms with Crippen molar-refractivity contribution >= 4 is 11.6 Å². The number of aliphatic hydroxyl groups is 2. The van der Waals surface area contributed by atoms with Crippen LogP contribution in [-0.4, -0.2) is 76.0 Å². The van der Waals surface area contributed by atoms with Crippen LogP contribution in [-0.2, 0) is 16.2 Å². The zero-order valence-corrected chi connectivity index (χ0v) is 34.5. The van der Waals surface area contributed by atoms with Gasteiger partial charge in [0.25, 0.3) is 5.91 Å². The monoisotopic (exact) mass is 790 g/mol. The van der Waals surface area contributed by atoms with Gasteiger partial charge in [-0.15, -0.1) is 6.58 Å². The van der Waals surface area contributed by atoms with E-state index in [1.54, 1.807) is 42.3 Å². The first-order valence-electron chi connectivity index (χ1n) is 20.5. The fourth-order valence-electron chi connectivity index (χ4n) is 8.88. The molecule has 58 heavy (non-hydrogen) atoms. The lowest BCUT2D eigenvalue weighted by atomic mass is 9.55. The second-order valence-electron chi connectivity index (χ2n) is 16.6. The Balaban J connectivity index is 1.56. The Hall–Kier alpha value is -5.02. The van der Waals surface area contributed by atoms with Crippen molar-refractivity contribution in [2.45, 2.75) is 103 Å². The summed E-state index contributed by atoms with van der Waals surface area (Å²) in [7, 11) is 1.77. The van der Waals surface area contributed by atoms with Crippen LogP contribution in [0, 0.1) is 36.0 Å². The van der Waals surface area contributed by atoms with Crippen LogP contribution < -0.4 is 9.47 Å². The molecule has 6 unspecified atom stereocenters. The smallest absolute Gasteiger partial charge is 0.254 e. The summed E-state index contributed by atoms with van der Waals surface area (Å²) < 4.78 is 20.7. The number of nitrogens with zero attached hydrogens (tertiary/aromatic N) is 4. The van der Waals surface area contributed by atoms with Gasteiger partial charge in [0, 0.05) is 49.4 Å². The van der Waals surface area contributed by atoms with Crippen molar-refractivity contribution in [1.82, 2.24) is 9.88 Å². The van der Waals surface area contributed by atoms with Crippen molar-refractivity contribution in [1.29, 1.82) is 5.26 Å². The molecule has 0 radical (unpaired) electrons. The van der Waals surface area contributed by atoms with E-state index >= 15 is 0 Å². The summed E-state index contributed by atoms with van der Waals surface area (Å²) in [5.74, 6) is -0.773. The van der Waals surface area contributed by atoms with Gasteiger partial charge in [-0.25, -0.2) is 0 Å². The van der Waals surface area contributed by atoms with Crippen molar-refractivity contribution < 1.29 is 34.1 Å². The number of amides is 1. The predicted molar refractivity (Wildman–Crippen MR) is 222 cm³/mol. The second-order valence-corrected chi connectivity index (χ2v) is 16.6. The molecule has 1 fully saturated rings. The van der Waals surface area contributed by atoms with E-state index in [9.17, 15) is 20.3 Å². The van der Waals surface area contributed by atoms with E-state index in [0.29, 0.717) is 42.1 Å². The lowest BCUT2D eigenvalue weighted by Crippen LogP contribution is -2.69. The van der Waals surface area contributed by atoms with E-state index in [0.717, 1.165) is 53.9 Å². The van der Waals surface area contributed by atoms with E-state index in [2.05, 4.69) is 29.8 Å². The molecular formula is C47H58N4O7. The molecule has 3 aromatic rings. The van der Waals surface area contributed by atoms with Crippen LogP contribution in [0.2, 0.25) is 0 Å². The minimum atomic E-state index is -1.38. The molecule has 308 valence electrons. The van der Waals surface area contributed by atoms with Crippen molar-refractivity contribution in [3.05, 3.63) is 113 Å². The number of carbonyl (C=O) groups excluding carboxylic acids is 1. The number of pyridine rings is 1. The molecule has 2 N–H and O–H groups in total. The summed E-state index contributed by atoms with van der Waals surface area (Å²) in [6.45, 7) is 12.5. The maximum Gasteiger partial charge on any atom is 0.254 e. The number of benzene rings is 2. The molecule has 11 heteroatoms. The number of nitriles is 1. The van der Waals surface area contributed by atoms with Crippen LogP contribution in [0.5, 0.6) is 11.5 Å². The number of aliphatic hydroxyl groups excluding tert-OH is 2. The lowest BCUT2D eigenvalue weighted by Gasteiger charge is -2.59. The van der Waals surface area contributed by atoms with E-state index in [1.807, 2.05) is 58.0 Å². The molecule has 0 spiro atoms. The number of allylic oxidation sites excluding steroid dienone is 1. The van der Waals surface area contributed by atoms with Gasteiger partial charge in [0.05, 0.1) is 35.6 Å². The number of hydrogen-bond donors (Lipinski definition) is 2. The third-order valence-corrected chi connectivity index (χ3v) is 11.5. The molecular weight excluding hydrogens is 733 g/mol. The van der Waals surface area contributed by atoms with Crippen molar-refractivity contribution in [3.8, 4) is 17.6 Å². The maximum absolute atomic E-state index is 14.5. The number of hydrogen-bond acceptors (Lipinski definition) is 10. The first kappa shape index (κ1) is 42.6. The highest BCUT2D eigenvalue weighted by atomic mass is 16.7. The van der Waals surface area contributed by atoms with Crippen LogP contribution in [0.1, 0.15) is 105 Å². The number of aromatic nitrogens is 1.